The third-order valence-electron chi connectivity index (χ3n) is 2.63. The maximum atomic E-state index is 3.46. The zero-order valence-corrected chi connectivity index (χ0v) is 11.4. The van der Waals surface area contributed by atoms with Gasteiger partial charge in [0.05, 0.1) is 10.6 Å². The van der Waals surface area contributed by atoms with Crippen molar-refractivity contribution in [3.05, 3.63) is 64.6 Å². The molecule has 2 heterocycles. The Bertz CT molecular complexity index is 608. The van der Waals surface area contributed by atoms with E-state index < -0.39 is 0 Å². The van der Waals surface area contributed by atoms with Crippen LogP contribution in [-0.4, -0.2) is 4.57 Å². The summed E-state index contributed by atoms with van der Waals surface area (Å²) in [6.45, 7) is 0. The molecule has 1 aromatic carbocycles. The maximum Gasteiger partial charge on any atom is 0.0628 e. The number of rotatable bonds is 2. The second kappa shape index (κ2) is 4.51. The van der Waals surface area contributed by atoms with Crippen LogP contribution in [0.3, 0.4) is 0 Å². The summed E-state index contributed by atoms with van der Waals surface area (Å²) in [6.07, 6.45) is 2.10. The molecule has 1 nitrogen and oxygen atoms in total. The molecule has 0 aliphatic rings. The van der Waals surface area contributed by atoms with Crippen molar-refractivity contribution < 1.29 is 0 Å². The number of hydrogen-bond donors (Lipinski definition) is 0. The molecule has 0 N–H and O–H groups in total. The molecule has 0 radical (unpaired) electrons. The number of benzene rings is 1. The van der Waals surface area contributed by atoms with Gasteiger partial charge in [0.1, 0.15) is 0 Å². The Balaban J connectivity index is 2.10. The van der Waals surface area contributed by atoms with Crippen molar-refractivity contribution in [2.75, 3.05) is 0 Å². The van der Waals surface area contributed by atoms with Crippen LogP contribution in [0.5, 0.6) is 0 Å². The lowest BCUT2D eigenvalue weighted by Crippen LogP contribution is -1.93. The monoisotopic (exact) mass is 303 g/mol. The van der Waals surface area contributed by atoms with Crippen LogP contribution in [0.2, 0.25) is 0 Å². The van der Waals surface area contributed by atoms with Gasteiger partial charge < -0.3 is 4.57 Å². The van der Waals surface area contributed by atoms with Crippen LogP contribution in [0, 0.1) is 0 Å². The minimum atomic E-state index is 1.10. The smallest absolute Gasteiger partial charge is 0.0628 e. The van der Waals surface area contributed by atoms with Gasteiger partial charge in [0.25, 0.3) is 0 Å². The fraction of sp³-hybridized carbons (Fsp3) is 0. The van der Waals surface area contributed by atoms with E-state index in [-0.39, 0.29) is 0 Å². The lowest BCUT2D eigenvalue weighted by Gasteiger charge is -2.07. The molecule has 0 amide bonds. The average Bonchev–Trinajstić information content (AvgIpc) is 3.00. The Labute approximate surface area is 112 Å². The zero-order chi connectivity index (χ0) is 11.7. The molecule has 0 aliphatic carbocycles. The van der Waals surface area contributed by atoms with E-state index in [1.807, 2.05) is 0 Å². The van der Waals surface area contributed by atoms with Crippen molar-refractivity contribution in [1.29, 1.82) is 0 Å². The molecule has 0 unspecified atom stereocenters. The standard InChI is InChI=1S/C14H10BrNS/c15-11-5-7-12(8-6-11)16-9-1-3-13(16)14-4-2-10-17-14/h1-10H. The highest BCUT2D eigenvalue weighted by molar-refractivity contribution is 9.10. The molecule has 2 aromatic heterocycles. The van der Waals surface area contributed by atoms with Gasteiger partial charge >= 0.3 is 0 Å². The lowest BCUT2D eigenvalue weighted by atomic mass is 10.3. The summed E-state index contributed by atoms with van der Waals surface area (Å²) in [7, 11) is 0. The van der Waals surface area contributed by atoms with Gasteiger partial charge in [-0.05, 0) is 47.8 Å². The first-order valence-electron chi connectivity index (χ1n) is 5.32. The Hall–Kier alpha value is -1.32. The number of thiophene rings is 1. The minimum absolute atomic E-state index is 1.10. The van der Waals surface area contributed by atoms with Gasteiger partial charge in [-0.2, -0.15) is 0 Å². The Morgan fingerprint density at radius 3 is 2.47 bits per heavy atom. The van der Waals surface area contributed by atoms with Gasteiger partial charge in [-0.25, -0.2) is 0 Å². The van der Waals surface area contributed by atoms with Crippen LogP contribution >= 0.6 is 27.3 Å². The molecule has 3 heteroatoms. The van der Waals surface area contributed by atoms with Crippen molar-refractivity contribution >= 4 is 27.3 Å². The number of nitrogens with zero attached hydrogens (tertiary/aromatic N) is 1. The summed E-state index contributed by atoms with van der Waals surface area (Å²) in [5.74, 6) is 0. The molecule has 0 fully saturated rings. The first kappa shape index (κ1) is 10.8. The van der Waals surface area contributed by atoms with Crippen molar-refractivity contribution in [2.45, 2.75) is 0 Å². The molecule has 17 heavy (non-hydrogen) atoms. The van der Waals surface area contributed by atoms with Gasteiger partial charge in [-0.1, -0.05) is 22.0 Å². The summed E-state index contributed by atoms with van der Waals surface area (Å²) in [4.78, 5) is 1.29. The first-order valence-corrected chi connectivity index (χ1v) is 6.99. The predicted octanol–water partition coefficient (Wildman–Crippen LogP) is 4.97. The molecular formula is C14H10BrNS. The van der Waals surface area contributed by atoms with Gasteiger partial charge in [-0.3, -0.25) is 0 Å². The average molecular weight is 304 g/mol. The molecule has 3 rings (SSSR count). The summed E-state index contributed by atoms with van der Waals surface area (Å²) < 4.78 is 3.31. The minimum Gasteiger partial charge on any atom is -0.316 e. The van der Waals surface area contributed by atoms with E-state index in [1.54, 1.807) is 11.3 Å². The summed E-state index contributed by atoms with van der Waals surface area (Å²) in [5.41, 5.74) is 2.42. The van der Waals surface area contributed by atoms with E-state index in [1.165, 1.54) is 16.3 Å². The number of aromatic nitrogens is 1. The summed E-state index contributed by atoms with van der Waals surface area (Å²) in [6, 6.07) is 16.8. The van der Waals surface area contributed by atoms with Crippen LogP contribution in [0.1, 0.15) is 0 Å². The first-order chi connectivity index (χ1) is 8.34. The molecule has 0 atom stereocenters. The molecule has 0 spiro atoms. The van der Waals surface area contributed by atoms with E-state index in [9.17, 15) is 0 Å². The van der Waals surface area contributed by atoms with Crippen molar-refractivity contribution in [3.8, 4) is 16.3 Å². The highest BCUT2D eigenvalue weighted by Gasteiger charge is 2.06. The highest BCUT2D eigenvalue weighted by atomic mass is 79.9. The number of hydrogen-bond acceptors (Lipinski definition) is 1. The fourth-order valence-electron chi connectivity index (χ4n) is 1.83. The van der Waals surface area contributed by atoms with Crippen LogP contribution in [0.4, 0.5) is 0 Å². The Morgan fingerprint density at radius 2 is 1.76 bits per heavy atom. The second-order valence-electron chi connectivity index (χ2n) is 3.72. The second-order valence-corrected chi connectivity index (χ2v) is 5.58. The van der Waals surface area contributed by atoms with E-state index >= 15 is 0 Å². The van der Waals surface area contributed by atoms with Gasteiger partial charge in [-0.15, -0.1) is 11.3 Å². The zero-order valence-electron chi connectivity index (χ0n) is 9.01. The van der Waals surface area contributed by atoms with Crippen LogP contribution in [0.15, 0.2) is 64.6 Å². The summed E-state index contributed by atoms with van der Waals surface area (Å²) >= 11 is 5.22. The number of halogens is 1. The SMILES string of the molecule is Brc1ccc(-n2cccc2-c2cccs2)cc1. The Morgan fingerprint density at radius 1 is 0.941 bits per heavy atom. The molecule has 84 valence electrons. The predicted molar refractivity (Wildman–Crippen MR) is 76.8 cm³/mol. The topological polar surface area (TPSA) is 4.93 Å². The van der Waals surface area contributed by atoms with Crippen LogP contribution < -0.4 is 0 Å². The van der Waals surface area contributed by atoms with Gasteiger partial charge in [0.2, 0.25) is 0 Å². The molecule has 3 aromatic rings. The molecule has 0 saturated heterocycles. The molecule has 0 aliphatic heterocycles. The van der Waals surface area contributed by atoms with Crippen molar-refractivity contribution in [2.24, 2.45) is 0 Å². The van der Waals surface area contributed by atoms with Gasteiger partial charge in [0.15, 0.2) is 0 Å². The Kier molecular flexibility index (Phi) is 2.87. The van der Waals surface area contributed by atoms with Crippen LogP contribution in [0.25, 0.3) is 16.3 Å². The third kappa shape index (κ3) is 2.08. The largest absolute Gasteiger partial charge is 0.316 e. The maximum absolute atomic E-state index is 3.46. The van der Waals surface area contributed by atoms with E-state index in [4.69, 9.17) is 0 Å². The van der Waals surface area contributed by atoms with E-state index in [0.717, 1.165) is 4.47 Å². The molecule has 0 saturated carbocycles. The van der Waals surface area contributed by atoms with Crippen molar-refractivity contribution in [3.63, 3.8) is 0 Å². The van der Waals surface area contributed by atoms with E-state index in [0.29, 0.717) is 0 Å². The van der Waals surface area contributed by atoms with Crippen molar-refractivity contribution in [1.82, 2.24) is 4.57 Å². The quantitative estimate of drug-likeness (QED) is 0.630. The molecular weight excluding hydrogens is 294 g/mol. The fourth-order valence-corrected chi connectivity index (χ4v) is 2.85. The van der Waals surface area contributed by atoms with E-state index in [2.05, 4.69) is 80.6 Å². The lowest BCUT2D eigenvalue weighted by molar-refractivity contribution is 1.09. The summed E-state index contributed by atoms with van der Waals surface area (Å²) in [5, 5.41) is 2.11. The highest BCUT2D eigenvalue weighted by Crippen LogP contribution is 2.28. The third-order valence-corrected chi connectivity index (χ3v) is 4.05. The van der Waals surface area contributed by atoms with Gasteiger partial charge in [0, 0.05) is 16.4 Å². The molecule has 0 bridgehead atoms. The normalized spacial score (nSPS) is 10.6. The van der Waals surface area contributed by atoms with Crippen LogP contribution in [-0.2, 0) is 0 Å².